The van der Waals surface area contributed by atoms with Crippen molar-refractivity contribution < 1.29 is 27.4 Å². The van der Waals surface area contributed by atoms with Crippen molar-refractivity contribution in [3.63, 3.8) is 0 Å². The van der Waals surface area contributed by atoms with E-state index in [0.29, 0.717) is 18.8 Å². The van der Waals surface area contributed by atoms with E-state index in [4.69, 9.17) is 21.1 Å². The number of hydrogen-bond donors (Lipinski definition) is 1. The van der Waals surface area contributed by atoms with Gasteiger partial charge in [0.15, 0.2) is 0 Å². The molecule has 0 saturated heterocycles. The Morgan fingerprint density at radius 3 is 2.44 bits per heavy atom. The number of carbonyl (C=O) groups is 1. The number of halogens is 5. The van der Waals surface area contributed by atoms with Crippen LogP contribution in [-0.4, -0.2) is 43.2 Å². The fourth-order valence-corrected chi connectivity index (χ4v) is 5.45. The summed E-state index contributed by atoms with van der Waals surface area (Å²) in [5.41, 5.74) is 3.07. The van der Waals surface area contributed by atoms with E-state index in [9.17, 15) is 18.0 Å². The third kappa shape index (κ3) is 7.45. The van der Waals surface area contributed by atoms with Gasteiger partial charge in [-0.15, -0.1) is 0 Å². The fraction of sp³-hybridized carbons (Fsp3) is 0.323. The minimum Gasteiger partial charge on any atom is -0.490 e. The highest BCUT2D eigenvalue weighted by molar-refractivity contribution is 9.10. The van der Waals surface area contributed by atoms with Gasteiger partial charge >= 0.3 is 6.18 Å². The highest BCUT2D eigenvalue weighted by Crippen LogP contribution is 2.36. The molecular weight excluding hydrogens is 621 g/mol. The Balaban J connectivity index is 1.22. The molecule has 216 valence electrons. The summed E-state index contributed by atoms with van der Waals surface area (Å²) in [5.74, 6) is 0.852. The second kappa shape index (κ2) is 12.9. The highest BCUT2D eigenvalue weighted by Gasteiger charge is 2.35. The van der Waals surface area contributed by atoms with Gasteiger partial charge in [-0.05, 0) is 78.9 Å². The molecule has 5 rings (SSSR count). The van der Waals surface area contributed by atoms with Gasteiger partial charge in [0, 0.05) is 29.2 Å². The molecule has 1 heterocycles. The van der Waals surface area contributed by atoms with E-state index in [1.165, 1.54) is 6.07 Å². The van der Waals surface area contributed by atoms with Crippen molar-refractivity contribution in [1.82, 2.24) is 10.2 Å². The summed E-state index contributed by atoms with van der Waals surface area (Å²) in [7, 11) is 0. The van der Waals surface area contributed by atoms with Crippen LogP contribution in [0.25, 0.3) is 5.57 Å². The number of amides is 1. The van der Waals surface area contributed by atoms with Crippen LogP contribution in [0.5, 0.6) is 11.5 Å². The van der Waals surface area contributed by atoms with Gasteiger partial charge in [0.05, 0.1) is 10.6 Å². The molecule has 0 aromatic heterocycles. The molecule has 1 fully saturated rings. The maximum atomic E-state index is 13.8. The Morgan fingerprint density at radius 1 is 1.02 bits per heavy atom. The van der Waals surface area contributed by atoms with Crippen LogP contribution in [0.1, 0.15) is 36.0 Å². The number of benzene rings is 3. The monoisotopic (exact) mass is 648 g/mol. The van der Waals surface area contributed by atoms with Crippen LogP contribution in [-0.2, 0) is 17.5 Å². The molecule has 41 heavy (non-hydrogen) atoms. The Morgan fingerprint density at radius 2 is 1.76 bits per heavy atom. The smallest absolute Gasteiger partial charge is 0.416 e. The second-order valence-electron chi connectivity index (χ2n) is 10.0. The number of alkyl halides is 3. The Kier molecular flexibility index (Phi) is 9.26. The number of ether oxygens (including phenoxy) is 2. The first-order valence-electron chi connectivity index (χ1n) is 13.4. The molecule has 1 aliphatic heterocycles. The third-order valence-corrected chi connectivity index (χ3v) is 8.16. The molecule has 5 nitrogen and oxygen atoms in total. The van der Waals surface area contributed by atoms with Crippen molar-refractivity contribution in [3.8, 4) is 11.5 Å². The number of rotatable bonds is 10. The molecule has 1 saturated carbocycles. The van der Waals surface area contributed by atoms with Gasteiger partial charge < -0.3 is 19.7 Å². The Bertz CT molecular complexity index is 1420. The first kappa shape index (κ1) is 29.5. The fourth-order valence-electron chi connectivity index (χ4n) is 4.80. The zero-order valence-corrected chi connectivity index (χ0v) is 24.5. The SMILES string of the molecule is O=C(C1=C(c2ccc(OCCOc3ccc(C(F)(F)F)cc3Cl)cc2)CCNC1)N(Cc1ccccc1Br)C1CC1. The first-order valence-corrected chi connectivity index (χ1v) is 14.6. The molecule has 10 heteroatoms. The van der Waals surface area contributed by atoms with E-state index >= 15 is 0 Å². The first-order chi connectivity index (χ1) is 19.7. The number of nitrogens with zero attached hydrogens (tertiary/aromatic N) is 1. The van der Waals surface area contributed by atoms with E-state index in [1.54, 1.807) is 0 Å². The molecule has 1 N–H and O–H groups in total. The predicted molar refractivity (Wildman–Crippen MR) is 156 cm³/mol. The van der Waals surface area contributed by atoms with Crippen molar-refractivity contribution in [2.24, 2.45) is 0 Å². The normalized spacial score (nSPS) is 15.5. The van der Waals surface area contributed by atoms with Crippen LogP contribution in [0.15, 0.2) is 76.8 Å². The van der Waals surface area contributed by atoms with Gasteiger partial charge in [-0.1, -0.05) is 57.9 Å². The van der Waals surface area contributed by atoms with E-state index in [0.717, 1.165) is 64.7 Å². The minimum atomic E-state index is -4.47. The van der Waals surface area contributed by atoms with Crippen LogP contribution in [0.4, 0.5) is 13.2 Å². The zero-order chi connectivity index (χ0) is 29.0. The van der Waals surface area contributed by atoms with Crippen LogP contribution < -0.4 is 14.8 Å². The molecule has 2 aliphatic rings. The third-order valence-electron chi connectivity index (χ3n) is 7.09. The molecule has 0 radical (unpaired) electrons. The standard InChI is InChI=1S/C31H29BrClF3N2O3/c32-27-4-2-1-3-21(27)19-38(23-8-9-23)30(39)26-18-37-14-13-25(26)20-5-10-24(11-6-20)40-15-16-41-29-12-7-22(17-28(29)33)31(34,35)36/h1-7,10-12,17,23,37H,8-9,13-16,18-19H2. The molecule has 3 aromatic carbocycles. The number of hydrogen-bond acceptors (Lipinski definition) is 4. The van der Waals surface area contributed by atoms with E-state index in [1.807, 2.05) is 53.4 Å². The summed E-state index contributed by atoms with van der Waals surface area (Å²) in [5, 5.41) is 3.25. The topological polar surface area (TPSA) is 50.8 Å². The van der Waals surface area contributed by atoms with Crippen LogP contribution in [0, 0.1) is 0 Å². The average Bonchev–Trinajstić information content (AvgIpc) is 3.80. The Hall–Kier alpha value is -3.01. The van der Waals surface area contributed by atoms with Crippen LogP contribution >= 0.6 is 27.5 Å². The predicted octanol–water partition coefficient (Wildman–Crippen LogP) is 7.52. The lowest BCUT2D eigenvalue weighted by atomic mass is 9.93. The maximum absolute atomic E-state index is 13.8. The lowest BCUT2D eigenvalue weighted by Gasteiger charge is -2.28. The summed E-state index contributed by atoms with van der Waals surface area (Å²) in [4.78, 5) is 15.8. The van der Waals surface area contributed by atoms with Crippen molar-refractivity contribution in [3.05, 3.63) is 98.5 Å². The number of nitrogens with one attached hydrogen (secondary N) is 1. The highest BCUT2D eigenvalue weighted by atomic mass is 79.9. The molecular formula is C31H29BrClF3N2O3. The number of carbonyl (C=O) groups excluding carboxylic acids is 1. The summed E-state index contributed by atoms with van der Waals surface area (Å²) >= 11 is 9.56. The quantitative estimate of drug-likeness (QED) is 0.231. The second-order valence-corrected chi connectivity index (χ2v) is 11.3. The summed E-state index contributed by atoms with van der Waals surface area (Å²) in [6, 6.07) is 18.8. The van der Waals surface area contributed by atoms with Crippen LogP contribution in [0.3, 0.4) is 0 Å². The summed E-state index contributed by atoms with van der Waals surface area (Å²) in [6.45, 7) is 2.17. The van der Waals surface area contributed by atoms with Gasteiger partial charge in [-0.2, -0.15) is 13.2 Å². The lowest BCUT2D eigenvalue weighted by Crippen LogP contribution is -2.39. The average molecular weight is 650 g/mol. The lowest BCUT2D eigenvalue weighted by molar-refractivity contribution is -0.137. The van der Waals surface area contributed by atoms with Crippen molar-refractivity contribution in [1.29, 1.82) is 0 Å². The van der Waals surface area contributed by atoms with Gasteiger partial charge in [0.1, 0.15) is 24.7 Å². The van der Waals surface area contributed by atoms with Crippen molar-refractivity contribution in [2.75, 3.05) is 26.3 Å². The zero-order valence-electron chi connectivity index (χ0n) is 22.1. The molecule has 3 aromatic rings. The van der Waals surface area contributed by atoms with Crippen molar-refractivity contribution >= 4 is 39.0 Å². The van der Waals surface area contributed by atoms with Gasteiger partial charge in [-0.3, -0.25) is 4.79 Å². The molecule has 1 amide bonds. The van der Waals surface area contributed by atoms with Gasteiger partial charge in [0.25, 0.3) is 5.91 Å². The maximum Gasteiger partial charge on any atom is 0.416 e. The van der Waals surface area contributed by atoms with Gasteiger partial charge in [0.2, 0.25) is 0 Å². The molecule has 1 aliphatic carbocycles. The van der Waals surface area contributed by atoms with E-state index in [2.05, 4.69) is 21.2 Å². The largest absolute Gasteiger partial charge is 0.490 e. The van der Waals surface area contributed by atoms with Crippen molar-refractivity contribution in [2.45, 2.75) is 38.0 Å². The molecule has 0 unspecified atom stereocenters. The molecule has 0 spiro atoms. The van der Waals surface area contributed by atoms with E-state index < -0.39 is 11.7 Å². The summed E-state index contributed by atoms with van der Waals surface area (Å²) < 4.78 is 50.7. The molecule has 0 bridgehead atoms. The van der Waals surface area contributed by atoms with Crippen LogP contribution in [0.2, 0.25) is 5.02 Å². The minimum absolute atomic E-state index is 0.0739. The van der Waals surface area contributed by atoms with E-state index in [-0.39, 0.29) is 35.9 Å². The Labute approximate surface area is 250 Å². The van der Waals surface area contributed by atoms with Gasteiger partial charge in [-0.25, -0.2) is 0 Å². The molecule has 0 atom stereocenters. The summed E-state index contributed by atoms with van der Waals surface area (Å²) in [6.07, 6.45) is -1.68.